The third-order valence-electron chi connectivity index (χ3n) is 2.81. The van der Waals surface area contributed by atoms with Crippen molar-refractivity contribution in [2.45, 2.75) is 39.3 Å². The first-order valence-corrected chi connectivity index (χ1v) is 7.54. The molecule has 2 aromatic rings. The van der Waals surface area contributed by atoms with Gasteiger partial charge in [-0.1, -0.05) is 0 Å². The summed E-state index contributed by atoms with van der Waals surface area (Å²) in [4.78, 5) is 10.3. The number of rotatable bonds is 4. The Labute approximate surface area is 109 Å². The quantitative estimate of drug-likeness (QED) is 0.923. The SMILES string of the molecule is Cc1nc(C)c(-c2csc(CNC3CC3)n2)s1. The van der Waals surface area contributed by atoms with E-state index in [2.05, 4.69) is 27.6 Å². The van der Waals surface area contributed by atoms with Crippen molar-refractivity contribution in [2.24, 2.45) is 0 Å². The fourth-order valence-corrected chi connectivity index (χ4v) is 3.48. The second-order valence-electron chi connectivity index (χ2n) is 4.43. The van der Waals surface area contributed by atoms with E-state index in [1.165, 1.54) is 22.7 Å². The van der Waals surface area contributed by atoms with Crippen molar-refractivity contribution in [1.29, 1.82) is 0 Å². The molecule has 0 aliphatic heterocycles. The van der Waals surface area contributed by atoms with Crippen molar-refractivity contribution in [3.8, 4) is 10.6 Å². The molecule has 0 atom stereocenters. The summed E-state index contributed by atoms with van der Waals surface area (Å²) in [6, 6.07) is 0.745. The van der Waals surface area contributed by atoms with E-state index in [4.69, 9.17) is 0 Å². The summed E-state index contributed by atoms with van der Waals surface area (Å²) < 4.78 is 0. The van der Waals surface area contributed by atoms with Crippen LogP contribution in [0.15, 0.2) is 5.38 Å². The summed E-state index contributed by atoms with van der Waals surface area (Å²) in [7, 11) is 0. The summed E-state index contributed by atoms with van der Waals surface area (Å²) >= 11 is 3.47. The molecule has 2 aromatic heterocycles. The fraction of sp³-hybridized carbons (Fsp3) is 0.500. The number of hydrogen-bond acceptors (Lipinski definition) is 5. The molecule has 17 heavy (non-hydrogen) atoms. The molecule has 90 valence electrons. The van der Waals surface area contributed by atoms with Crippen molar-refractivity contribution in [3.63, 3.8) is 0 Å². The Morgan fingerprint density at radius 2 is 2.18 bits per heavy atom. The van der Waals surface area contributed by atoms with E-state index in [1.54, 1.807) is 22.7 Å². The summed E-state index contributed by atoms with van der Waals surface area (Å²) in [6.45, 7) is 5.01. The average molecular weight is 265 g/mol. The lowest BCUT2D eigenvalue weighted by Gasteiger charge is -1.97. The van der Waals surface area contributed by atoms with Gasteiger partial charge in [-0.25, -0.2) is 9.97 Å². The van der Waals surface area contributed by atoms with Gasteiger partial charge in [-0.15, -0.1) is 22.7 Å². The second kappa shape index (κ2) is 4.48. The van der Waals surface area contributed by atoms with Crippen LogP contribution in [0.25, 0.3) is 10.6 Å². The molecule has 2 heterocycles. The maximum absolute atomic E-state index is 4.68. The first-order chi connectivity index (χ1) is 8.22. The molecule has 0 saturated heterocycles. The Hall–Kier alpha value is -0.780. The van der Waals surface area contributed by atoms with Crippen LogP contribution in [0, 0.1) is 13.8 Å². The minimum absolute atomic E-state index is 0.745. The summed E-state index contributed by atoms with van der Waals surface area (Å²) in [5.41, 5.74) is 2.19. The van der Waals surface area contributed by atoms with Crippen LogP contribution in [-0.2, 0) is 6.54 Å². The molecular formula is C12H15N3S2. The highest BCUT2D eigenvalue weighted by molar-refractivity contribution is 7.15. The van der Waals surface area contributed by atoms with Crippen LogP contribution in [0.1, 0.15) is 28.6 Å². The average Bonchev–Trinajstić information content (AvgIpc) is 2.90. The second-order valence-corrected chi connectivity index (χ2v) is 6.57. The molecule has 1 aliphatic carbocycles. The Kier molecular flexibility index (Phi) is 2.98. The van der Waals surface area contributed by atoms with E-state index >= 15 is 0 Å². The van der Waals surface area contributed by atoms with Crippen molar-refractivity contribution >= 4 is 22.7 Å². The Morgan fingerprint density at radius 3 is 2.82 bits per heavy atom. The van der Waals surface area contributed by atoms with E-state index in [1.807, 2.05) is 6.92 Å². The molecule has 0 unspecified atom stereocenters. The van der Waals surface area contributed by atoms with Gasteiger partial charge in [0, 0.05) is 18.0 Å². The molecule has 1 aliphatic rings. The minimum atomic E-state index is 0.745. The van der Waals surface area contributed by atoms with Gasteiger partial charge in [0.05, 0.1) is 21.3 Å². The van der Waals surface area contributed by atoms with Gasteiger partial charge in [0.1, 0.15) is 5.01 Å². The molecule has 0 radical (unpaired) electrons. The van der Waals surface area contributed by atoms with E-state index in [-0.39, 0.29) is 0 Å². The molecule has 1 N–H and O–H groups in total. The van der Waals surface area contributed by atoms with E-state index in [0.29, 0.717) is 0 Å². The largest absolute Gasteiger partial charge is 0.308 e. The van der Waals surface area contributed by atoms with Gasteiger partial charge < -0.3 is 5.32 Å². The Morgan fingerprint density at radius 1 is 1.35 bits per heavy atom. The highest BCUT2D eigenvalue weighted by Crippen LogP contribution is 2.30. The van der Waals surface area contributed by atoms with Gasteiger partial charge >= 0.3 is 0 Å². The molecule has 5 heteroatoms. The lowest BCUT2D eigenvalue weighted by atomic mass is 10.3. The summed E-state index contributed by atoms with van der Waals surface area (Å²) in [6.07, 6.45) is 2.65. The Bertz CT molecular complexity index is 526. The van der Waals surface area contributed by atoms with Crippen LogP contribution < -0.4 is 5.32 Å². The van der Waals surface area contributed by atoms with Gasteiger partial charge in [-0.05, 0) is 26.7 Å². The van der Waals surface area contributed by atoms with Crippen LogP contribution in [0.4, 0.5) is 0 Å². The van der Waals surface area contributed by atoms with Crippen LogP contribution in [-0.4, -0.2) is 16.0 Å². The van der Waals surface area contributed by atoms with E-state index < -0.39 is 0 Å². The highest BCUT2D eigenvalue weighted by Gasteiger charge is 2.20. The van der Waals surface area contributed by atoms with Crippen LogP contribution in [0.3, 0.4) is 0 Å². The molecule has 1 fully saturated rings. The van der Waals surface area contributed by atoms with Gasteiger partial charge in [0.2, 0.25) is 0 Å². The fourth-order valence-electron chi connectivity index (χ4n) is 1.78. The topological polar surface area (TPSA) is 37.8 Å². The van der Waals surface area contributed by atoms with E-state index in [9.17, 15) is 0 Å². The first-order valence-electron chi connectivity index (χ1n) is 5.84. The van der Waals surface area contributed by atoms with Gasteiger partial charge in [0.25, 0.3) is 0 Å². The zero-order chi connectivity index (χ0) is 11.8. The highest BCUT2D eigenvalue weighted by atomic mass is 32.1. The predicted molar refractivity (Wildman–Crippen MR) is 72.6 cm³/mol. The smallest absolute Gasteiger partial charge is 0.107 e. The maximum atomic E-state index is 4.68. The van der Waals surface area contributed by atoms with Crippen LogP contribution >= 0.6 is 22.7 Å². The number of aromatic nitrogens is 2. The number of nitrogens with zero attached hydrogens (tertiary/aromatic N) is 2. The molecule has 0 bridgehead atoms. The normalized spacial score (nSPS) is 15.4. The number of nitrogens with one attached hydrogen (secondary N) is 1. The number of thiazole rings is 2. The van der Waals surface area contributed by atoms with E-state index in [0.717, 1.165) is 29.0 Å². The van der Waals surface area contributed by atoms with Crippen LogP contribution in [0.2, 0.25) is 0 Å². The molecule has 0 amide bonds. The molecule has 0 aromatic carbocycles. The number of aryl methyl sites for hydroxylation is 2. The predicted octanol–water partition coefficient (Wildman–Crippen LogP) is 3.14. The first kappa shape index (κ1) is 11.3. The van der Waals surface area contributed by atoms with Gasteiger partial charge in [-0.3, -0.25) is 0 Å². The standard InChI is InChI=1S/C12H15N3S2/c1-7-12(17-8(2)14-7)10-6-16-11(15-10)5-13-9-3-4-9/h6,9,13H,3-5H2,1-2H3. The lowest BCUT2D eigenvalue weighted by molar-refractivity contribution is 0.685. The lowest BCUT2D eigenvalue weighted by Crippen LogP contribution is -2.14. The minimum Gasteiger partial charge on any atom is -0.308 e. The summed E-state index contributed by atoms with van der Waals surface area (Å²) in [5, 5.41) is 7.93. The third-order valence-corrected chi connectivity index (χ3v) is 4.75. The van der Waals surface area contributed by atoms with Crippen molar-refractivity contribution in [2.75, 3.05) is 0 Å². The molecule has 1 saturated carbocycles. The van der Waals surface area contributed by atoms with Crippen LogP contribution in [0.5, 0.6) is 0 Å². The third kappa shape index (κ3) is 2.56. The molecule has 3 nitrogen and oxygen atoms in total. The molecule has 3 rings (SSSR count). The zero-order valence-electron chi connectivity index (χ0n) is 9.99. The zero-order valence-corrected chi connectivity index (χ0v) is 11.6. The van der Waals surface area contributed by atoms with Gasteiger partial charge in [0.15, 0.2) is 0 Å². The number of hydrogen-bond donors (Lipinski definition) is 1. The molecular weight excluding hydrogens is 250 g/mol. The van der Waals surface area contributed by atoms with Gasteiger partial charge in [-0.2, -0.15) is 0 Å². The maximum Gasteiger partial charge on any atom is 0.107 e. The Balaban J connectivity index is 1.76. The molecule has 0 spiro atoms. The van der Waals surface area contributed by atoms with Crippen molar-refractivity contribution in [3.05, 3.63) is 21.1 Å². The summed E-state index contributed by atoms with van der Waals surface area (Å²) in [5.74, 6) is 0. The monoisotopic (exact) mass is 265 g/mol. The van der Waals surface area contributed by atoms with Crippen molar-refractivity contribution in [1.82, 2.24) is 15.3 Å². The van der Waals surface area contributed by atoms with Crippen molar-refractivity contribution < 1.29 is 0 Å².